The van der Waals surface area contributed by atoms with Gasteiger partial charge in [0.05, 0.1) is 5.92 Å². The van der Waals surface area contributed by atoms with Crippen LogP contribution in [0.15, 0.2) is 30.3 Å². The fourth-order valence-corrected chi connectivity index (χ4v) is 3.14. The van der Waals surface area contributed by atoms with Crippen LogP contribution in [0, 0.1) is 5.92 Å². The van der Waals surface area contributed by atoms with Gasteiger partial charge < -0.3 is 10.0 Å². The number of nitrogens with zero attached hydrogens (tertiary/aromatic N) is 1. The summed E-state index contributed by atoms with van der Waals surface area (Å²) in [5, 5.41) is 9.47. The third-order valence-corrected chi connectivity index (χ3v) is 4.34. The summed E-state index contributed by atoms with van der Waals surface area (Å²) in [6.45, 7) is 4.96. The highest BCUT2D eigenvalue weighted by Crippen LogP contribution is 2.24. The van der Waals surface area contributed by atoms with E-state index in [0.29, 0.717) is 6.54 Å². The molecule has 1 aliphatic heterocycles. The van der Waals surface area contributed by atoms with Gasteiger partial charge >= 0.3 is 5.97 Å². The van der Waals surface area contributed by atoms with E-state index in [1.807, 2.05) is 30.3 Å². The quantitative estimate of drug-likeness (QED) is 0.865. The first-order chi connectivity index (χ1) is 9.70. The van der Waals surface area contributed by atoms with Crippen molar-refractivity contribution in [2.75, 3.05) is 19.6 Å². The molecule has 1 saturated heterocycles. The van der Waals surface area contributed by atoms with Crippen molar-refractivity contribution < 1.29 is 9.90 Å². The van der Waals surface area contributed by atoms with Crippen LogP contribution in [0.3, 0.4) is 0 Å². The molecule has 0 bridgehead atoms. The fraction of sp³-hybridized carbons (Fsp3) is 0.588. The number of rotatable bonds is 6. The van der Waals surface area contributed by atoms with Crippen LogP contribution in [0.25, 0.3) is 0 Å². The molecule has 110 valence electrons. The van der Waals surface area contributed by atoms with Gasteiger partial charge in [0.2, 0.25) is 0 Å². The highest BCUT2D eigenvalue weighted by atomic mass is 16.4. The van der Waals surface area contributed by atoms with Crippen molar-refractivity contribution >= 4 is 5.97 Å². The second-order valence-electron chi connectivity index (χ2n) is 5.83. The predicted molar refractivity (Wildman–Crippen MR) is 80.9 cm³/mol. The van der Waals surface area contributed by atoms with Crippen LogP contribution in [-0.2, 0) is 4.79 Å². The molecule has 0 aliphatic carbocycles. The van der Waals surface area contributed by atoms with Crippen molar-refractivity contribution in [3.63, 3.8) is 0 Å². The van der Waals surface area contributed by atoms with Gasteiger partial charge in [-0.3, -0.25) is 4.79 Å². The van der Waals surface area contributed by atoms with Crippen LogP contribution in [0.2, 0.25) is 0 Å². The van der Waals surface area contributed by atoms with Crippen molar-refractivity contribution in [1.82, 2.24) is 4.90 Å². The molecule has 1 aliphatic rings. The van der Waals surface area contributed by atoms with Crippen LogP contribution in [0.1, 0.15) is 44.1 Å². The van der Waals surface area contributed by atoms with Crippen LogP contribution < -0.4 is 0 Å². The minimum absolute atomic E-state index is 0.404. The van der Waals surface area contributed by atoms with Gasteiger partial charge in [0.1, 0.15) is 0 Å². The van der Waals surface area contributed by atoms with E-state index < -0.39 is 11.9 Å². The molecular formula is C17H25NO2. The van der Waals surface area contributed by atoms with Gasteiger partial charge in [0, 0.05) is 6.54 Å². The van der Waals surface area contributed by atoms with Gasteiger partial charge in [-0.2, -0.15) is 0 Å². The van der Waals surface area contributed by atoms with E-state index >= 15 is 0 Å². The Kier molecular flexibility index (Phi) is 5.60. The third-order valence-electron chi connectivity index (χ3n) is 4.34. The smallest absolute Gasteiger partial charge is 0.312 e. The minimum atomic E-state index is -0.716. The second kappa shape index (κ2) is 7.44. The van der Waals surface area contributed by atoms with Crippen molar-refractivity contribution in [3.05, 3.63) is 35.9 Å². The lowest BCUT2D eigenvalue weighted by Gasteiger charge is -2.33. The molecule has 1 atom stereocenters. The third kappa shape index (κ3) is 4.07. The average Bonchev–Trinajstić information content (AvgIpc) is 2.47. The van der Waals surface area contributed by atoms with E-state index in [0.717, 1.165) is 24.6 Å². The molecule has 3 nitrogen and oxygen atoms in total. The summed E-state index contributed by atoms with van der Waals surface area (Å²) in [5.41, 5.74) is 0.913. The molecule has 20 heavy (non-hydrogen) atoms. The fourth-order valence-electron chi connectivity index (χ4n) is 3.14. The van der Waals surface area contributed by atoms with Crippen molar-refractivity contribution in [2.45, 2.75) is 38.5 Å². The number of carbonyl (C=O) groups is 1. The molecule has 1 fully saturated rings. The molecule has 1 unspecified atom stereocenters. The molecule has 1 aromatic rings. The van der Waals surface area contributed by atoms with Gasteiger partial charge in [-0.15, -0.1) is 0 Å². The Hall–Kier alpha value is -1.35. The molecule has 1 heterocycles. The predicted octanol–water partition coefficient (Wildman–Crippen LogP) is 3.37. The molecular weight excluding hydrogens is 250 g/mol. The molecule has 0 radical (unpaired) electrons. The van der Waals surface area contributed by atoms with Crippen molar-refractivity contribution in [2.24, 2.45) is 5.92 Å². The Morgan fingerprint density at radius 1 is 1.30 bits per heavy atom. The van der Waals surface area contributed by atoms with Gasteiger partial charge in [-0.1, -0.05) is 50.1 Å². The zero-order valence-corrected chi connectivity index (χ0v) is 12.3. The second-order valence-corrected chi connectivity index (χ2v) is 5.83. The first-order valence-electron chi connectivity index (χ1n) is 7.70. The number of carboxylic acids is 1. The summed E-state index contributed by atoms with van der Waals surface area (Å²) in [6, 6.07) is 9.60. The Morgan fingerprint density at radius 3 is 2.50 bits per heavy atom. The van der Waals surface area contributed by atoms with E-state index in [9.17, 15) is 9.90 Å². The molecule has 1 aromatic carbocycles. The first-order valence-corrected chi connectivity index (χ1v) is 7.70. The summed E-state index contributed by atoms with van der Waals surface area (Å²) >= 11 is 0. The number of benzene rings is 1. The first kappa shape index (κ1) is 15.0. The Balaban J connectivity index is 1.92. The summed E-state index contributed by atoms with van der Waals surface area (Å²) in [7, 11) is 0. The summed E-state index contributed by atoms with van der Waals surface area (Å²) in [5.74, 6) is -0.276. The maximum Gasteiger partial charge on any atom is 0.312 e. The monoisotopic (exact) mass is 275 g/mol. The normalized spacial score (nSPS) is 18.9. The highest BCUT2D eigenvalue weighted by molar-refractivity contribution is 5.76. The molecule has 3 heteroatoms. The number of hydrogen-bond acceptors (Lipinski definition) is 2. The van der Waals surface area contributed by atoms with E-state index in [2.05, 4.69) is 11.8 Å². The number of piperidine rings is 1. The maximum atomic E-state index is 11.5. The van der Waals surface area contributed by atoms with Crippen molar-refractivity contribution in [3.8, 4) is 0 Å². The van der Waals surface area contributed by atoms with Gasteiger partial charge in [0.25, 0.3) is 0 Å². The summed E-state index contributed by atoms with van der Waals surface area (Å²) in [4.78, 5) is 13.8. The van der Waals surface area contributed by atoms with Gasteiger partial charge in [-0.25, -0.2) is 0 Å². The molecule has 1 N–H and O–H groups in total. The number of carboxylic acid groups (broad SMARTS) is 1. The van der Waals surface area contributed by atoms with Gasteiger partial charge in [-0.05, 0) is 37.4 Å². The van der Waals surface area contributed by atoms with Crippen LogP contribution in [0.5, 0.6) is 0 Å². The lowest BCUT2D eigenvalue weighted by molar-refractivity contribution is -0.139. The molecule has 2 rings (SSSR count). The lowest BCUT2D eigenvalue weighted by Crippen LogP contribution is -2.38. The molecule has 0 amide bonds. The molecule has 0 aromatic heterocycles. The number of aliphatic carboxylic acids is 1. The van der Waals surface area contributed by atoms with E-state index in [4.69, 9.17) is 0 Å². The standard InChI is InChI=1S/C17H25NO2/c1-2-6-14-9-11-18(12-10-14)13-16(17(19)20)15-7-4-3-5-8-15/h3-5,7-8,14,16H,2,6,9-13H2,1H3,(H,19,20). The van der Waals surface area contributed by atoms with E-state index in [1.165, 1.54) is 25.7 Å². The van der Waals surface area contributed by atoms with Crippen LogP contribution in [-0.4, -0.2) is 35.6 Å². The van der Waals surface area contributed by atoms with Gasteiger partial charge in [0.15, 0.2) is 0 Å². The summed E-state index contributed by atoms with van der Waals surface area (Å²) < 4.78 is 0. The van der Waals surface area contributed by atoms with Crippen LogP contribution in [0.4, 0.5) is 0 Å². The summed E-state index contributed by atoms with van der Waals surface area (Å²) in [6.07, 6.45) is 5.01. The Morgan fingerprint density at radius 2 is 1.95 bits per heavy atom. The highest BCUT2D eigenvalue weighted by Gasteiger charge is 2.25. The maximum absolute atomic E-state index is 11.5. The van der Waals surface area contributed by atoms with Crippen molar-refractivity contribution in [1.29, 1.82) is 0 Å². The zero-order chi connectivity index (χ0) is 14.4. The largest absolute Gasteiger partial charge is 0.481 e. The zero-order valence-electron chi connectivity index (χ0n) is 12.3. The average molecular weight is 275 g/mol. The number of hydrogen-bond donors (Lipinski definition) is 1. The minimum Gasteiger partial charge on any atom is -0.481 e. The SMILES string of the molecule is CCCC1CCN(CC(C(=O)O)c2ccccc2)CC1. The van der Waals surface area contributed by atoms with E-state index in [-0.39, 0.29) is 0 Å². The topological polar surface area (TPSA) is 40.5 Å². The Bertz CT molecular complexity index is 410. The lowest BCUT2D eigenvalue weighted by atomic mass is 9.91. The van der Waals surface area contributed by atoms with E-state index in [1.54, 1.807) is 0 Å². The molecule has 0 spiro atoms. The Labute approximate surface area is 121 Å². The van der Waals surface area contributed by atoms with Crippen LogP contribution >= 0.6 is 0 Å². The number of likely N-dealkylation sites (tertiary alicyclic amines) is 1. The molecule has 0 saturated carbocycles.